The topological polar surface area (TPSA) is 50.3 Å². The van der Waals surface area contributed by atoms with E-state index in [9.17, 15) is 0 Å². The number of hydrogen-bond donors (Lipinski definition) is 0. The van der Waals surface area contributed by atoms with E-state index in [-0.39, 0.29) is 0 Å². The first-order valence-electron chi connectivity index (χ1n) is 6.73. The second-order valence-electron chi connectivity index (χ2n) is 4.83. The number of ether oxygens (including phenoxy) is 1. The summed E-state index contributed by atoms with van der Waals surface area (Å²) in [5.74, 6) is 0.782. The number of aromatic nitrogens is 2. The number of rotatable bonds is 3. The molecule has 104 valence electrons. The Morgan fingerprint density at radius 2 is 2.05 bits per heavy atom. The van der Waals surface area contributed by atoms with Gasteiger partial charge in [-0.05, 0) is 31.2 Å². The molecule has 0 radical (unpaired) electrons. The lowest BCUT2D eigenvalue weighted by Gasteiger charge is -2.05. The molecule has 0 saturated heterocycles. The van der Waals surface area contributed by atoms with Crippen LogP contribution in [0.15, 0.2) is 42.5 Å². The molecule has 21 heavy (non-hydrogen) atoms. The predicted octanol–water partition coefficient (Wildman–Crippen LogP) is 3.38. The minimum atomic E-state index is 0.318. The molecule has 0 aliphatic carbocycles. The summed E-state index contributed by atoms with van der Waals surface area (Å²) in [6.07, 6.45) is 0.318. The Morgan fingerprint density at radius 3 is 2.81 bits per heavy atom. The van der Waals surface area contributed by atoms with Crippen molar-refractivity contribution in [3.63, 3.8) is 0 Å². The van der Waals surface area contributed by atoms with E-state index in [0.29, 0.717) is 6.42 Å². The van der Waals surface area contributed by atoms with Crippen molar-refractivity contribution in [2.24, 2.45) is 0 Å². The number of nitriles is 1. The van der Waals surface area contributed by atoms with Gasteiger partial charge in [-0.15, -0.1) is 0 Å². The third kappa shape index (κ3) is 2.23. The fourth-order valence-corrected chi connectivity index (χ4v) is 2.57. The summed E-state index contributed by atoms with van der Waals surface area (Å²) in [7, 11) is 1.64. The lowest BCUT2D eigenvalue weighted by Crippen LogP contribution is -1.97. The summed E-state index contributed by atoms with van der Waals surface area (Å²) in [4.78, 5) is 4.69. The molecule has 0 amide bonds. The highest BCUT2D eigenvalue weighted by molar-refractivity contribution is 5.68. The van der Waals surface area contributed by atoms with Gasteiger partial charge in [-0.1, -0.05) is 18.2 Å². The van der Waals surface area contributed by atoms with Gasteiger partial charge in [0.2, 0.25) is 0 Å². The van der Waals surface area contributed by atoms with Crippen LogP contribution in [-0.4, -0.2) is 16.5 Å². The summed E-state index contributed by atoms with van der Waals surface area (Å²) >= 11 is 0. The summed E-state index contributed by atoms with van der Waals surface area (Å²) in [6, 6.07) is 15.9. The largest absolute Gasteiger partial charge is 0.497 e. The summed E-state index contributed by atoms with van der Waals surface area (Å²) < 4.78 is 7.31. The number of methoxy groups -OCH3 is 1. The van der Waals surface area contributed by atoms with E-state index in [1.165, 1.54) is 0 Å². The molecule has 0 fully saturated rings. The van der Waals surface area contributed by atoms with Crippen LogP contribution in [0.3, 0.4) is 0 Å². The molecule has 0 bridgehead atoms. The highest BCUT2D eigenvalue weighted by Gasteiger charge is 2.15. The van der Waals surface area contributed by atoms with E-state index in [0.717, 1.165) is 34.0 Å². The molecule has 3 aromatic rings. The number of nitrogens with zero attached hydrogens (tertiary/aromatic N) is 3. The number of hydrogen-bond acceptors (Lipinski definition) is 3. The molecule has 1 aromatic carbocycles. The van der Waals surface area contributed by atoms with Crippen LogP contribution in [0.2, 0.25) is 0 Å². The molecular weight excluding hydrogens is 262 g/mol. The third-order valence-electron chi connectivity index (χ3n) is 3.52. The van der Waals surface area contributed by atoms with Gasteiger partial charge in [0.1, 0.15) is 11.4 Å². The standard InChI is InChI=1S/C17H15N3O/c1-12-5-3-8-16-19-17(15(9-10-18)20(12)16)13-6-4-7-14(11-13)21-2/h3-8,11H,9H2,1-2H3. The molecule has 0 N–H and O–H groups in total. The Bertz CT molecular complexity index is 843. The van der Waals surface area contributed by atoms with Gasteiger partial charge in [0, 0.05) is 11.3 Å². The van der Waals surface area contributed by atoms with Gasteiger partial charge in [-0.2, -0.15) is 5.26 Å². The minimum Gasteiger partial charge on any atom is -0.497 e. The van der Waals surface area contributed by atoms with Crippen molar-refractivity contribution in [2.75, 3.05) is 7.11 Å². The first-order chi connectivity index (χ1) is 10.2. The fourth-order valence-electron chi connectivity index (χ4n) is 2.57. The Labute approximate surface area is 123 Å². The van der Waals surface area contributed by atoms with E-state index in [1.54, 1.807) is 7.11 Å². The van der Waals surface area contributed by atoms with Crippen molar-refractivity contribution in [2.45, 2.75) is 13.3 Å². The smallest absolute Gasteiger partial charge is 0.137 e. The zero-order valence-electron chi connectivity index (χ0n) is 12.0. The van der Waals surface area contributed by atoms with Crippen LogP contribution < -0.4 is 4.74 Å². The molecule has 0 saturated carbocycles. The van der Waals surface area contributed by atoms with Crippen LogP contribution in [0.1, 0.15) is 11.4 Å². The van der Waals surface area contributed by atoms with E-state index in [4.69, 9.17) is 15.0 Å². The number of fused-ring (bicyclic) bond motifs is 1. The van der Waals surface area contributed by atoms with Crippen molar-refractivity contribution in [3.8, 4) is 23.1 Å². The quantitative estimate of drug-likeness (QED) is 0.737. The molecule has 3 rings (SSSR count). The first kappa shape index (κ1) is 13.2. The van der Waals surface area contributed by atoms with Crippen LogP contribution in [0.5, 0.6) is 5.75 Å². The lowest BCUT2D eigenvalue weighted by atomic mass is 10.1. The van der Waals surface area contributed by atoms with E-state index in [2.05, 4.69) is 6.07 Å². The van der Waals surface area contributed by atoms with Gasteiger partial charge in [-0.3, -0.25) is 4.40 Å². The Hall–Kier alpha value is -2.80. The minimum absolute atomic E-state index is 0.318. The molecule has 0 atom stereocenters. The fraction of sp³-hybridized carbons (Fsp3) is 0.176. The average Bonchev–Trinajstić information content (AvgIpc) is 2.88. The van der Waals surface area contributed by atoms with E-state index < -0.39 is 0 Å². The second kappa shape index (κ2) is 5.29. The highest BCUT2D eigenvalue weighted by Crippen LogP contribution is 2.28. The summed E-state index contributed by atoms with van der Waals surface area (Å²) in [5.41, 5.74) is 4.64. The number of imidazole rings is 1. The van der Waals surface area contributed by atoms with Crippen LogP contribution in [0.25, 0.3) is 16.9 Å². The van der Waals surface area contributed by atoms with Gasteiger partial charge in [0.15, 0.2) is 0 Å². The molecule has 0 aliphatic heterocycles. The number of pyridine rings is 1. The van der Waals surface area contributed by atoms with Crippen molar-refractivity contribution in [3.05, 3.63) is 53.9 Å². The normalized spacial score (nSPS) is 10.5. The molecule has 2 heterocycles. The summed E-state index contributed by atoms with van der Waals surface area (Å²) in [6.45, 7) is 2.02. The van der Waals surface area contributed by atoms with Crippen molar-refractivity contribution >= 4 is 5.65 Å². The molecule has 0 aliphatic rings. The molecule has 0 spiro atoms. The maximum atomic E-state index is 9.14. The summed E-state index contributed by atoms with van der Waals surface area (Å²) in [5, 5.41) is 9.14. The average molecular weight is 277 g/mol. The molecule has 4 nitrogen and oxygen atoms in total. The van der Waals surface area contributed by atoms with E-state index >= 15 is 0 Å². The second-order valence-corrected chi connectivity index (χ2v) is 4.83. The van der Waals surface area contributed by atoms with Gasteiger partial charge >= 0.3 is 0 Å². The molecule has 4 heteroatoms. The van der Waals surface area contributed by atoms with Crippen LogP contribution in [0.4, 0.5) is 0 Å². The van der Waals surface area contributed by atoms with Gasteiger partial charge in [0.05, 0.1) is 31.0 Å². The lowest BCUT2D eigenvalue weighted by molar-refractivity contribution is 0.415. The van der Waals surface area contributed by atoms with Crippen LogP contribution in [0, 0.1) is 18.3 Å². The maximum Gasteiger partial charge on any atom is 0.137 e. The Morgan fingerprint density at radius 1 is 1.24 bits per heavy atom. The van der Waals surface area contributed by atoms with Crippen LogP contribution >= 0.6 is 0 Å². The number of benzene rings is 1. The third-order valence-corrected chi connectivity index (χ3v) is 3.52. The molecule has 2 aromatic heterocycles. The Balaban J connectivity index is 2.29. The van der Waals surface area contributed by atoms with Crippen molar-refractivity contribution in [1.29, 1.82) is 5.26 Å². The maximum absolute atomic E-state index is 9.14. The first-order valence-corrected chi connectivity index (χ1v) is 6.73. The van der Waals surface area contributed by atoms with E-state index in [1.807, 2.05) is 53.8 Å². The molecule has 0 unspecified atom stereocenters. The molecular formula is C17H15N3O. The van der Waals surface area contributed by atoms with Crippen molar-refractivity contribution in [1.82, 2.24) is 9.38 Å². The van der Waals surface area contributed by atoms with Gasteiger partial charge in [-0.25, -0.2) is 4.98 Å². The SMILES string of the molecule is COc1cccc(-c2nc3cccc(C)n3c2CC#N)c1. The van der Waals surface area contributed by atoms with Gasteiger partial charge in [0.25, 0.3) is 0 Å². The zero-order valence-corrected chi connectivity index (χ0v) is 12.0. The number of aryl methyl sites for hydroxylation is 1. The highest BCUT2D eigenvalue weighted by atomic mass is 16.5. The zero-order chi connectivity index (χ0) is 14.8. The van der Waals surface area contributed by atoms with Gasteiger partial charge < -0.3 is 4.74 Å². The predicted molar refractivity (Wildman–Crippen MR) is 81.2 cm³/mol. The van der Waals surface area contributed by atoms with Crippen LogP contribution in [-0.2, 0) is 6.42 Å². The Kier molecular flexibility index (Phi) is 3.33. The van der Waals surface area contributed by atoms with Crippen molar-refractivity contribution < 1.29 is 4.74 Å². The monoisotopic (exact) mass is 277 g/mol.